The molecule has 0 aliphatic rings. The third-order valence-corrected chi connectivity index (χ3v) is 3.56. The van der Waals surface area contributed by atoms with Crippen LogP contribution in [0.25, 0.3) is 0 Å². The van der Waals surface area contributed by atoms with Crippen LogP contribution in [0.2, 0.25) is 0 Å². The summed E-state index contributed by atoms with van der Waals surface area (Å²) in [5.41, 5.74) is -0.620. The van der Waals surface area contributed by atoms with E-state index in [0.29, 0.717) is 0 Å². The maximum absolute atomic E-state index is 12.1. The first-order chi connectivity index (χ1) is 6.70. The number of ketones is 1. The van der Waals surface area contributed by atoms with Crippen molar-refractivity contribution in [2.75, 3.05) is 7.11 Å². The minimum atomic E-state index is -0.620. The minimum Gasteiger partial charge on any atom is -0.370 e. The lowest BCUT2D eigenvalue weighted by molar-refractivity contribution is -0.00226. The highest BCUT2D eigenvalue weighted by atomic mass is 32.1. The summed E-state index contributed by atoms with van der Waals surface area (Å²) in [6, 6.07) is 3.75. The summed E-state index contributed by atoms with van der Waals surface area (Å²) < 4.78 is 5.38. The molecule has 0 saturated heterocycles. The molecule has 0 aliphatic heterocycles. The Morgan fingerprint density at radius 3 is 2.50 bits per heavy atom. The van der Waals surface area contributed by atoms with E-state index in [1.807, 2.05) is 31.4 Å². The van der Waals surface area contributed by atoms with E-state index >= 15 is 0 Å². The quantitative estimate of drug-likeness (QED) is 0.701. The molecule has 2 nitrogen and oxygen atoms in total. The van der Waals surface area contributed by atoms with Gasteiger partial charge in [-0.05, 0) is 24.3 Å². The van der Waals surface area contributed by atoms with Crippen molar-refractivity contribution in [3.63, 3.8) is 0 Å². The number of hydrogen-bond acceptors (Lipinski definition) is 3. The van der Waals surface area contributed by atoms with Crippen molar-refractivity contribution in [3.8, 4) is 0 Å². The van der Waals surface area contributed by atoms with Gasteiger partial charge in [0.15, 0.2) is 0 Å². The Bertz CT molecular complexity index is 278. The summed E-state index contributed by atoms with van der Waals surface area (Å²) in [5.74, 6) is 0.111. The van der Waals surface area contributed by atoms with Crippen LogP contribution in [-0.2, 0) is 4.74 Å². The van der Waals surface area contributed by atoms with E-state index in [1.165, 1.54) is 11.3 Å². The lowest BCUT2D eigenvalue weighted by atomic mass is 9.91. The van der Waals surface area contributed by atoms with Crippen LogP contribution in [0.4, 0.5) is 0 Å². The van der Waals surface area contributed by atoms with Gasteiger partial charge in [0, 0.05) is 7.11 Å². The highest BCUT2D eigenvalue weighted by Crippen LogP contribution is 2.26. The minimum absolute atomic E-state index is 0.111. The van der Waals surface area contributed by atoms with Gasteiger partial charge in [0.05, 0.1) is 4.88 Å². The van der Waals surface area contributed by atoms with Gasteiger partial charge in [-0.25, -0.2) is 0 Å². The third kappa shape index (κ3) is 1.88. The SMILES string of the molecule is CCC(CC)(OC)C(=O)c1cccs1. The van der Waals surface area contributed by atoms with Crippen LogP contribution in [0, 0.1) is 0 Å². The zero-order valence-corrected chi connectivity index (χ0v) is 9.69. The second-order valence-electron chi connectivity index (χ2n) is 3.21. The van der Waals surface area contributed by atoms with E-state index < -0.39 is 5.60 Å². The van der Waals surface area contributed by atoms with Gasteiger partial charge in [-0.1, -0.05) is 19.9 Å². The lowest BCUT2D eigenvalue weighted by Crippen LogP contribution is -2.39. The molecule has 0 spiro atoms. The molecule has 0 amide bonds. The maximum Gasteiger partial charge on any atom is 0.204 e. The monoisotopic (exact) mass is 212 g/mol. The summed E-state index contributed by atoms with van der Waals surface area (Å²) in [4.78, 5) is 12.9. The third-order valence-electron chi connectivity index (χ3n) is 2.69. The van der Waals surface area contributed by atoms with Gasteiger partial charge >= 0.3 is 0 Å². The van der Waals surface area contributed by atoms with Crippen molar-refractivity contribution in [2.24, 2.45) is 0 Å². The van der Waals surface area contributed by atoms with Gasteiger partial charge in [-0.2, -0.15) is 0 Å². The molecule has 0 radical (unpaired) electrons. The van der Waals surface area contributed by atoms with E-state index in [2.05, 4.69) is 0 Å². The van der Waals surface area contributed by atoms with Crippen molar-refractivity contribution in [2.45, 2.75) is 32.3 Å². The van der Waals surface area contributed by atoms with E-state index in [-0.39, 0.29) is 5.78 Å². The van der Waals surface area contributed by atoms with E-state index in [4.69, 9.17) is 4.74 Å². The van der Waals surface area contributed by atoms with Gasteiger partial charge < -0.3 is 4.74 Å². The summed E-state index contributed by atoms with van der Waals surface area (Å²) in [6.45, 7) is 3.97. The van der Waals surface area contributed by atoms with E-state index in [0.717, 1.165) is 17.7 Å². The molecule has 0 saturated carbocycles. The predicted octanol–water partition coefficient (Wildman–Crippen LogP) is 3.14. The van der Waals surface area contributed by atoms with E-state index in [1.54, 1.807) is 7.11 Å². The lowest BCUT2D eigenvalue weighted by Gasteiger charge is -2.27. The van der Waals surface area contributed by atoms with Crippen molar-refractivity contribution >= 4 is 17.1 Å². The predicted molar refractivity (Wildman–Crippen MR) is 59.0 cm³/mol. The van der Waals surface area contributed by atoms with Crippen LogP contribution in [0.3, 0.4) is 0 Å². The highest BCUT2D eigenvalue weighted by Gasteiger charge is 2.35. The molecule has 1 aromatic heterocycles. The number of thiophene rings is 1. The first kappa shape index (κ1) is 11.4. The summed E-state index contributed by atoms with van der Waals surface area (Å²) >= 11 is 1.47. The summed E-state index contributed by atoms with van der Waals surface area (Å²) in [7, 11) is 1.61. The fourth-order valence-electron chi connectivity index (χ4n) is 1.58. The van der Waals surface area contributed by atoms with Gasteiger partial charge in [-0.15, -0.1) is 11.3 Å². The average molecular weight is 212 g/mol. The number of Topliss-reactive ketones (excluding diaryl/α,β-unsaturated/α-hetero) is 1. The number of hydrogen-bond donors (Lipinski definition) is 0. The van der Waals surface area contributed by atoms with Crippen LogP contribution in [0.1, 0.15) is 36.4 Å². The van der Waals surface area contributed by atoms with Crippen LogP contribution >= 0.6 is 11.3 Å². The van der Waals surface area contributed by atoms with Crippen LogP contribution in [-0.4, -0.2) is 18.5 Å². The Labute approximate surface area is 88.9 Å². The number of rotatable bonds is 5. The molecule has 0 aromatic carbocycles. The summed E-state index contributed by atoms with van der Waals surface area (Å²) in [6.07, 6.45) is 1.44. The van der Waals surface area contributed by atoms with E-state index in [9.17, 15) is 4.79 Å². The second-order valence-corrected chi connectivity index (χ2v) is 4.16. The highest BCUT2D eigenvalue weighted by molar-refractivity contribution is 7.12. The topological polar surface area (TPSA) is 26.3 Å². The number of ether oxygens (including phenoxy) is 1. The molecule has 0 bridgehead atoms. The van der Waals surface area contributed by atoms with Crippen LogP contribution in [0.15, 0.2) is 17.5 Å². The van der Waals surface area contributed by atoms with Crippen LogP contribution in [0.5, 0.6) is 0 Å². The van der Waals surface area contributed by atoms with Crippen molar-refractivity contribution in [1.82, 2.24) is 0 Å². The van der Waals surface area contributed by atoms with Gasteiger partial charge in [-0.3, -0.25) is 4.79 Å². The average Bonchev–Trinajstić information content (AvgIpc) is 2.74. The van der Waals surface area contributed by atoms with Gasteiger partial charge in [0.25, 0.3) is 0 Å². The Hall–Kier alpha value is -0.670. The van der Waals surface area contributed by atoms with Gasteiger partial charge in [0.1, 0.15) is 5.60 Å². The molecule has 1 heterocycles. The fraction of sp³-hybridized carbons (Fsp3) is 0.545. The summed E-state index contributed by atoms with van der Waals surface area (Å²) in [5, 5.41) is 1.92. The van der Waals surface area contributed by atoms with Crippen molar-refractivity contribution in [3.05, 3.63) is 22.4 Å². The molecule has 0 aliphatic carbocycles. The molecule has 3 heteroatoms. The second kappa shape index (κ2) is 4.71. The molecule has 0 N–H and O–H groups in total. The molecule has 0 unspecified atom stereocenters. The Morgan fingerprint density at radius 2 is 2.14 bits per heavy atom. The largest absolute Gasteiger partial charge is 0.370 e. The van der Waals surface area contributed by atoms with Crippen molar-refractivity contribution < 1.29 is 9.53 Å². The Balaban J connectivity index is 2.95. The zero-order chi connectivity index (χ0) is 10.6. The smallest absolute Gasteiger partial charge is 0.204 e. The molecule has 0 fully saturated rings. The fourth-order valence-corrected chi connectivity index (χ4v) is 2.34. The number of carbonyl (C=O) groups is 1. The maximum atomic E-state index is 12.1. The number of carbonyl (C=O) groups excluding carboxylic acids is 1. The molecule has 78 valence electrons. The Morgan fingerprint density at radius 1 is 1.50 bits per heavy atom. The molecular formula is C11H16O2S. The number of methoxy groups -OCH3 is 1. The normalized spacial score (nSPS) is 11.6. The first-order valence-corrected chi connectivity index (χ1v) is 5.71. The standard InChI is InChI=1S/C11H16O2S/c1-4-11(5-2,13-3)10(12)9-7-6-8-14-9/h6-8H,4-5H2,1-3H3. The van der Waals surface area contributed by atoms with Crippen LogP contribution < -0.4 is 0 Å². The molecule has 14 heavy (non-hydrogen) atoms. The van der Waals surface area contributed by atoms with Gasteiger partial charge in [0.2, 0.25) is 5.78 Å². The zero-order valence-electron chi connectivity index (χ0n) is 8.87. The van der Waals surface area contributed by atoms with Crippen molar-refractivity contribution in [1.29, 1.82) is 0 Å². The Kier molecular flexibility index (Phi) is 3.84. The molecule has 0 atom stereocenters. The first-order valence-electron chi connectivity index (χ1n) is 4.83. The molecule has 1 rings (SSSR count). The molecule has 1 aromatic rings. The molecular weight excluding hydrogens is 196 g/mol.